The number of nitrogens with two attached hydrogens (primary N) is 1. The number of ether oxygens (including phenoxy) is 7. The number of carbonyl (C=O) groups is 11. The SMILES string of the molecule is COC(=O)c1cc(N)c(SC[C@H](NC(=O)OC(C)(C)C)C(=O)O)cc1Cl.COC(=O)c1cc([N+](=O)[O-])c(F)cc1Cl.COC(=O)c1cc([N+](=O)[O-])c(SC[C@H](NC(=O)OC(C)(C)C)C(=O)O)cc1Cl.COC(=O)c1cc2c(cc1Cl)SC[C@H](NC(=O)OC(C)(C)C)C(=O)N2.O=C(O)c1cc([N+](=O)[O-])c(F)cc1Cl. The van der Waals surface area contributed by atoms with E-state index in [4.69, 9.17) is 83.1 Å². The Morgan fingerprint density at radius 2 is 0.870 bits per heavy atom. The van der Waals surface area contributed by atoms with Gasteiger partial charge >= 0.3 is 71.4 Å². The molecule has 1 aliphatic rings. The largest absolute Gasteiger partial charge is 0.480 e. The highest BCUT2D eigenvalue weighted by Crippen LogP contribution is 2.38. The smallest absolute Gasteiger partial charge is 0.408 e. The minimum absolute atomic E-state index is 0.0212. The summed E-state index contributed by atoms with van der Waals surface area (Å²) in [6.45, 7) is 15.1. The molecule has 0 saturated heterocycles. The number of carboxylic acids is 3. The van der Waals surface area contributed by atoms with Gasteiger partial charge in [-0.05, 0) is 92.6 Å². The third-order valence-electron chi connectivity index (χ3n) is 12.2. The molecule has 0 unspecified atom stereocenters. The van der Waals surface area contributed by atoms with Gasteiger partial charge in [-0.25, -0.2) is 47.9 Å². The number of thioether (sulfide) groups is 3. The zero-order chi connectivity index (χ0) is 83.0. The fourth-order valence-electron chi connectivity index (χ4n) is 7.48. The molecule has 9 N–H and O–H groups in total. The van der Waals surface area contributed by atoms with Gasteiger partial charge in [-0.3, -0.25) is 35.1 Å². The molecule has 6 rings (SSSR count). The summed E-state index contributed by atoms with van der Waals surface area (Å²) in [6.07, 6.45) is -2.45. The number of nitrogen functional groups attached to an aromatic ring is 1. The highest BCUT2D eigenvalue weighted by molar-refractivity contribution is 8.00. The van der Waals surface area contributed by atoms with Crippen molar-refractivity contribution >= 4 is 188 Å². The first-order valence-electron chi connectivity index (χ1n) is 29.7. The molecule has 0 fully saturated rings. The van der Waals surface area contributed by atoms with Crippen molar-refractivity contribution in [3.63, 3.8) is 0 Å². The third kappa shape index (κ3) is 30.7. The molecule has 588 valence electrons. The van der Waals surface area contributed by atoms with Gasteiger partial charge in [0.15, 0.2) is 0 Å². The van der Waals surface area contributed by atoms with E-state index in [1.54, 1.807) is 68.4 Å². The number of aliphatic carboxylic acids is 2. The van der Waals surface area contributed by atoms with E-state index in [0.717, 1.165) is 49.9 Å². The van der Waals surface area contributed by atoms with Gasteiger partial charge in [0.25, 0.3) is 5.69 Å². The van der Waals surface area contributed by atoms with E-state index in [2.05, 4.69) is 40.2 Å². The quantitative estimate of drug-likeness (QED) is 0.00950. The number of esters is 4. The molecule has 35 nitrogen and oxygen atoms in total. The van der Waals surface area contributed by atoms with Crippen molar-refractivity contribution in [1.82, 2.24) is 16.0 Å². The van der Waals surface area contributed by atoms with Crippen molar-refractivity contribution in [2.24, 2.45) is 0 Å². The number of nitrogens with one attached hydrogen (secondary N) is 4. The lowest BCUT2D eigenvalue weighted by molar-refractivity contribution is -0.387. The van der Waals surface area contributed by atoms with Gasteiger partial charge < -0.3 is 75.5 Å². The van der Waals surface area contributed by atoms with Crippen LogP contribution in [-0.2, 0) is 47.5 Å². The molecule has 5 aromatic rings. The standard InChI is InChI=1S/C16H19ClN2O8S.C16H21ClN2O6S.C16H19ClN2O5S.C8H5ClFNO4.C7H3ClFNO4/c1-16(2,3)27-15(23)18-10(13(20)21)7-28-12-6-9(17)8(14(22)26-4)5-11(12)19(24)25;1-16(2,3)25-15(23)19-11(13(20)21)7-26-12-6-9(17)8(5-10(12)18)14(22)24-4;1-16(2,3)24-15(22)19-11-7-25-12-6-9(17)8(14(21)23-4)5-10(12)18-13(11)20;1-15-8(12)4-2-7(11(13)14)6(10)3-5(4)9;8-4-2-5(9)6(10(13)14)1-3(4)7(11)12/h5-6,10H,7H2,1-4H3,(H,18,23)(H,20,21);5-6,11H,7,18H2,1-4H3,(H,19,23)(H,20,21);5-6,11H,7H2,1-4H3,(H,18,20)(H,19,22);2-3H,1H3;1-2H,(H,11,12)/t10-;2*11-;;/m000../s1. The van der Waals surface area contributed by atoms with Crippen LogP contribution in [-0.4, -0.2) is 177 Å². The maximum Gasteiger partial charge on any atom is 0.408 e. The van der Waals surface area contributed by atoms with Crippen LogP contribution in [0.15, 0.2) is 75.4 Å². The molecule has 45 heteroatoms. The summed E-state index contributed by atoms with van der Waals surface area (Å²) in [7, 11) is 4.66. The number of hydrogen-bond acceptors (Lipinski definition) is 28. The Hall–Kier alpha value is -9.97. The number of nitrogens with zero attached hydrogens (tertiary/aromatic N) is 3. The molecule has 3 atom stereocenters. The second kappa shape index (κ2) is 42.0. The number of nitro groups is 3. The number of aromatic carboxylic acids is 1. The Bertz CT molecular complexity index is 4260. The molecule has 1 heterocycles. The van der Waals surface area contributed by atoms with E-state index in [1.807, 2.05) is 0 Å². The van der Waals surface area contributed by atoms with Gasteiger partial charge in [0.2, 0.25) is 17.5 Å². The fourth-order valence-corrected chi connectivity index (χ4v) is 12.0. The Balaban J connectivity index is 0.000000469. The molecule has 0 saturated carbocycles. The normalized spacial score (nSPS) is 12.6. The molecule has 0 bridgehead atoms. The van der Waals surface area contributed by atoms with E-state index >= 15 is 0 Å². The number of nitro benzene ring substituents is 3. The van der Waals surface area contributed by atoms with Gasteiger partial charge in [0, 0.05) is 63.1 Å². The number of methoxy groups -OCH3 is 4. The van der Waals surface area contributed by atoms with Crippen molar-refractivity contribution in [1.29, 1.82) is 0 Å². The molecule has 1 aliphatic heterocycles. The summed E-state index contributed by atoms with van der Waals surface area (Å²) in [6, 6.07) is 7.23. The molecule has 5 aromatic carbocycles. The van der Waals surface area contributed by atoms with E-state index in [1.165, 1.54) is 50.2 Å². The summed E-state index contributed by atoms with van der Waals surface area (Å²) in [4.78, 5) is 157. The third-order valence-corrected chi connectivity index (χ3v) is 17.2. The van der Waals surface area contributed by atoms with E-state index < -0.39 is 150 Å². The summed E-state index contributed by atoms with van der Waals surface area (Å²) in [5.74, 6) is -9.59. The van der Waals surface area contributed by atoms with Crippen LogP contribution in [0.25, 0.3) is 0 Å². The molecular weight excluding hydrogens is 1610 g/mol. The zero-order valence-electron chi connectivity index (χ0n) is 58.6. The van der Waals surface area contributed by atoms with Gasteiger partial charge in [0.05, 0.1) is 107 Å². The average Bonchev–Trinajstić information content (AvgIpc) is 1.37. The Morgan fingerprint density at radius 1 is 0.537 bits per heavy atom. The monoisotopic (exact) mass is 1680 g/mol. The van der Waals surface area contributed by atoms with Crippen LogP contribution >= 0.6 is 93.3 Å². The Kier molecular flexibility index (Phi) is 36.6. The maximum absolute atomic E-state index is 13.0. The molecule has 0 aromatic heterocycles. The topological polar surface area (TPSA) is 517 Å². The van der Waals surface area contributed by atoms with Crippen LogP contribution in [0.3, 0.4) is 0 Å². The number of hydrogen-bond donors (Lipinski definition) is 8. The number of carboxylic acid groups (broad SMARTS) is 3. The molecule has 0 spiro atoms. The predicted molar refractivity (Wildman–Crippen MR) is 389 cm³/mol. The Labute approximate surface area is 648 Å². The van der Waals surface area contributed by atoms with Crippen LogP contribution in [0, 0.1) is 42.0 Å². The first-order valence-corrected chi connectivity index (χ1v) is 34.5. The van der Waals surface area contributed by atoms with Crippen molar-refractivity contribution in [2.75, 3.05) is 56.7 Å². The second-order valence-corrected chi connectivity index (χ2v) is 29.0. The zero-order valence-corrected chi connectivity index (χ0v) is 64.8. The van der Waals surface area contributed by atoms with Crippen LogP contribution in [0.4, 0.5) is 51.6 Å². The minimum Gasteiger partial charge on any atom is -0.480 e. The van der Waals surface area contributed by atoms with Crippen LogP contribution in [0.1, 0.15) is 114 Å². The first kappa shape index (κ1) is 94.1. The molecule has 0 aliphatic carbocycles. The van der Waals surface area contributed by atoms with Gasteiger partial charge in [-0.15, -0.1) is 35.3 Å². The summed E-state index contributed by atoms with van der Waals surface area (Å²) >= 11 is 32.2. The van der Waals surface area contributed by atoms with Crippen molar-refractivity contribution in [3.05, 3.63) is 156 Å². The molecular formula is C63H67Cl5F2N8O27S3. The molecule has 0 radical (unpaired) electrons. The van der Waals surface area contributed by atoms with Crippen molar-refractivity contribution < 1.29 is 125 Å². The van der Waals surface area contributed by atoms with Crippen molar-refractivity contribution in [3.8, 4) is 0 Å². The lowest BCUT2D eigenvalue weighted by Gasteiger charge is -2.22. The van der Waals surface area contributed by atoms with Crippen LogP contribution in [0.2, 0.25) is 25.1 Å². The maximum atomic E-state index is 13.0. The summed E-state index contributed by atoms with van der Waals surface area (Å²) < 4.78 is 59.1. The highest BCUT2D eigenvalue weighted by Gasteiger charge is 2.32. The fraction of sp³-hybridized carbons (Fsp3) is 0.349. The van der Waals surface area contributed by atoms with Gasteiger partial charge in [0.1, 0.15) is 34.9 Å². The Morgan fingerprint density at radius 3 is 1.25 bits per heavy atom. The molecule has 4 amide bonds. The molecule has 108 heavy (non-hydrogen) atoms. The number of halogens is 7. The number of alkyl carbamates (subject to hydrolysis) is 3. The number of rotatable bonds is 19. The van der Waals surface area contributed by atoms with E-state index in [0.29, 0.717) is 39.4 Å². The predicted octanol–water partition coefficient (Wildman–Crippen LogP) is 13.2. The summed E-state index contributed by atoms with van der Waals surface area (Å²) in [5, 5.41) is 68.3. The lowest BCUT2D eigenvalue weighted by atomic mass is 10.2. The second-order valence-electron chi connectivity index (χ2n) is 23.8. The minimum atomic E-state index is -1.45. The first-order chi connectivity index (χ1) is 49.8. The summed E-state index contributed by atoms with van der Waals surface area (Å²) in [5.41, 5.74) is 1.47. The van der Waals surface area contributed by atoms with Crippen molar-refractivity contribution in [2.45, 2.75) is 112 Å². The lowest BCUT2D eigenvalue weighted by Crippen LogP contribution is -2.46. The van der Waals surface area contributed by atoms with E-state index in [9.17, 15) is 102 Å². The van der Waals surface area contributed by atoms with Crippen LogP contribution < -0.4 is 27.0 Å². The average molecular weight is 1680 g/mol. The number of carbonyl (C=O) groups excluding carboxylic acids is 8. The number of fused-ring (bicyclic) bond motifs is 1. The van der Waals surface area contributed by atoms with E-state index in [-0.39, 0.29) is 69.5 Å². The number of benzene rings is 5. The van der Waals surface area contributed by atoms with Gasteiger partial charge in [-0.2, -0.15) is 8.78 Å². The highest BCUT2D eigenvalue weighted by atomic mass is 35.5. The number of amides is 4. The van der Waals surface area contributed by atoms with Gasteiger partial charge in [-0.1, -0.05) is 58.0 Å². The number of anilines is 2. The van der Waals surface area contributed by atoms with Crippen LogP contribution in [0.5, 0.6) is 0 Å².